The lowest BCUT2D eigenvalue weighted by molar-refractivity contribution is 0.0948. The smallest absolute Gasteiger partial charge is 0.252 e. The summed E-state index contributed by atoms with van der Waals surface area (Å²) in [5, 5.41) is 0.362. The lowest BCUT2D eigenvalue weighted by Crippen LogP contribution is -2.49. The summed E-state index contributed by atoms with van der Waals surface area (Å²) in [6.07, 6.45) is 0. The molecule has 2 aromatic carbocycles. The van der Waals surface area contributed by atoms with Gasteiger partial charge >= 0.3 is 0 Å². The summed E-state index contributed by atoms with van der Waals surface area (Å²) in [5.74, 6) is -1.35. The van der Waals surface area contributed by atoms with Crippen molar-refractivity contribution in [2.24, 2.45) is 0 Å². The van der Waals surface area contributed by atoms with Crippen molar-refractivity contribution in [3.63, 3.8) is 0 Å². The van der Waals surface area contributed by atoms with Gasteiger partial charge in [-0.3, -0.25) is 4.79 Å². The molecule has 0 spiro atoms. The van der Waals surface area contributed by atoms with Crippen molar-refractivity contribution in [2.45, 2.75) is 14.1 Å². The van der Waals surface area contributed by atoms with Crippen LogP contribution in [0.4, 0.5) is 4.39 Å². The molecule has 0 fully saturated rings. The highest BCUT2D eigenvalue weighted by molar-refractivity contribution is 7.92. The summed E-state index contributed by atoms with van der Waals surface area (Å²) in [6, 6.07) is 11.8. The summed E-state index contributed by atoms with van der Waals surface area (Å²) < 4.78 is 36.0. The number of hydrogen-bond acceptors (Lipinski definition) is 3. The number of carbonyl (C=O) groups excluding carboxylic acids is 1. The maximum atomic E-state index is 12.9. The summed E-state index contributed by atoms with van der Waals surface area (Å²) in [6.45, 7) is 0. The second kappa shape index (κ2) is 7.27. The molecule has 0 aliphatic carbocycles. The first-order valence-electron chi connectivity index (χ1n) is 6.54. The maximum Gasteiger partial charge on any atom is 0.252 e. The van der Waals surface area contributed by atoms with E-state index in [1.165, 1.54) is 36.4 Å². The van der Waals surface area contributed by atoms with Gasteiger partial charge in [-0.1, -0.05) is 53.0 Å². The van der Waals surface area contributed by atoms with E-state index in [0.717, 1.165) is 12.1 Å². The van der Waals surface area contributed by atoms with Crippen LogP contribution in [-0.2, 0) is 9.84 Å². The second-order valence-corrected chi connectivity index (χ2v) is 9.16. The van der Waals surface area contributed by atoms with E-state index in [1.54, 1.807) is 6.07 Å². The van der Waals surface area contributed by atoms with Crippen molar-refractivity contribution in [1.82, 2.24) is 5.32 Å². The van der Waals surface area contributed by atoms with E-state index in [0.29, 0.717) is 0 Å². The van der Waals surface area contributed by atoms with Crippen molar-refractivity contribution >= 4 is 50.5 Å². The molecule has 1 unspecified atom stereocenters. The molecule has 4 nitrogen and oxygen atoms in total. The molecular formula is C15H11Cl3FNO3S. The molecule has 0 saturated heterocycles. The molecule has 1 amide bonds. The van der Waals surface area contributed by atoms with E-state index in [1.807, 2.05) is 0 Å². The van der Waals surface area contributed by atoms with E-state index < -0.39 is 30.7 Å². The van der Waals surface area contributed by atoms with Gasteiger partial charge in [0.05, 0.1) is 4.90 Å². The number of carbonyl (C=O) groups is 1. The molecule has 0 saturated carbocycles. The van der Waals surface area contributed by atoms with Gasteiger partial charge in [0.25, 0.3) is 5.91 Å². The molecule has 0 aliphatic heterocycles. The Morgan fingerprint density at radius 2 is 1.54 bits per heavy atom. The molecular weight excluding hydrogens is 400 g/mol. The Morgan fingerprint density at radius 3 is 2.04 bits per heavy atom. The number of amides is 1. The van der Waals surface area contributed by atoms with Crippen molar-refractivity contribution < 1.29 is 17.6 Å². The largest absolute Gasteiger partial charge is 0.332 e. The van der Waals surface area contributed by atoms with Crippen LogP contribution in [0.2, 0.25) is 0 Å². The van der Waals surface area contributed by atoms with Crippen molar-refractivity contribution in [3.05, 3.63) is 66.0 Å². The van der Waals surface area contributed by atoms with Crippen molar-refractivity contribution in [2.75, 3.05) is 0 Å². The second-order valence-electron chi connectivity index (χ2n) is 4.76. The van der Waals surface area contributed by atoms with Gasteiger partial charge in [-0.15, -0.1) is 0 Å². The summed E-state index contributed by atoms with van der Waals surface area (Å²) in [4.78, 5) is 12.1. The fourth-order valence-corrected chi connectivity index (χ4v) is 4.53. The third kappa shape index (κ3) is 4.39. The van der Waals surface area contributed by atoms with Gasteiger partial charge in [-0.2, -0.15) is 0 Å². The minimum atomic E-state index is -4.17. The first-order chi connectivity index (χ1) is 11.1. The molecule has 9 heteroatoms. The van der Waals surface area contributed by atoms with Crippen LogP contribution in [0.15, 0.2) is 59.5 Å². The van der Waals surface area contributed by atoms with Crippen LogP contribution in [0.3, 0.4) is 0 Å². The van der Waals surface area contributed by atoms with Crippen molar-refractivity contribution in [3.8, 4) is 0 Å². The molecule has 1 N–H and O–H groups in total. The number of halogens is 4. The molecule has 0 aliphatic rings. The van der Waals surface area contributed by atoms with Gasteiger partial charge in [-0.25, -0.2) is 12.8 Å². The standard InChI is InChI=1S/C15H11Cl3FNO3S/c16-15(17,18)14(24(22,23)12-4-2-1-3-5-12)20-13(21)10-6-8-11(19)9-7-10/h1-9,14H,(H,20,21). The zero-order chi connectivity index (χ0) is 18.0. The summed E-state index contributed by atoms with van der Waals surface area (Å²) >= 11 is 17.3. The minimum absolute atomic E-state index is 0.0268. The van der Waals surface area contributed by atoms with Gasteiger partial charge in [-0.05, 0) is 36.4 Å². The molecule has 0 aromatic heterocycles. The molecule has 128 valence electrons. The van der Waals surface area contributed by atoms with Crippen LogP contribution in [0, 0.1) is 5.82 Å². The summed E-state index contributed by atoms with van der Waals surface area (Å²) in [5.41, 5.74) is 0.0268. The molecule has 0 heterocycles. The third-order valence-electron chi connectivity index (χ3n) is 3.05. The number of rotatable bonds is 4. The van der Waals surface area contributed by atoms with Gasteiger partial charge < -0.3 is 5.32 Å². The van der Waals surface area contributed by atoms with Gasteiger partial charge in [0, 0.05) is 5.56 Å². The molecule has 0 bridgehead atoms. The molecule has 0 radical (unpaired) electrons. The van der Waals surface area contributed by atoms with E-state index in [-0.39, 0.29) is 10.5 Å². The highest BCUT2D eigenvalue weighted by Crippen LogP contribution is 2.35. The molecule has 2 aromatic rings. The third-order valence-corrected chi connectivity index (χ3v) is 6.11. The van der Waals surface area contributed by atoms with Gasteiger partial charge in [0.15, 0.2) is 5.37 Å². The topological polar surface area (TPSA) is 63.2 Å². The fraction of sp³-hybridized carbons (Fsp3) is 0.133. The molecule has 24 heavy (non-hydrogen) atoms. The predicted molar refractivity (Wildman–Crippen MR) is 91.6 cm³/mol. The Labute approximate surface area is 153 Å². The van der Waals surface area contributed by atoms with E-state index in [4.69, 9.17) is 34.8 Å². The number of nitrogens with one attached hydrogen (secondary N) is 1. The first kappa shape index (κ1) is 19.0. The zero-order valence-electron chi connectivity index (χ0n) is 11.9. The maximum absolute atomic E-state index is 12.9. The van der Waals surface area contributed by atoms with Crippen LogP contribution in [-0.4, -0.2) is 23.5 Å². The number of sulfone groups is 1. The Morgan fingerprint density at radius 1 is 1.00 bits per heavy atom. The highest BCUT2D eigenvalue weighted by atomic mass is 35.6. The fourth-order valence-electron chi connectivity index (χ4n) is 1.89. The van der Waals surface area contributed by atoms with Gasteiger partial charge in [0.2, 0.25) is 13.6 Å². The average Bonchev–Trinajstić information content (AvgIpc) is 2.52. The number of alkyl halides is 3. The molecule has 2 rings (SSSR count). The van der Waals surface area contributed by atoms with Crippen LogP contribution in [0.5, 0.6) is 0 Å². The van der Waals surface area contributed by atoms with E-state index in [9.17, 15) is 17.6 Å². The Bertz CT molecular complexity index is 821. The number of hydrogen-bond donors (Lipinski definition) is 1. The Hall–Kier alpha value is -1.34. The number of benzene rings is 2. The SMILES string of the molecule is O=C(NC(C(Cl)(Cl)Cl)S(=O)(=O)c1ccccc1)c1ccc(F)cc1. The van der Waals surface area contributed by atoms with Crippen LogP contribution >= 0.6 is 34.8 Å². The molecule has 1 atom stereocenters. The Kier molecular flexibility index (Phi) is 5.75. The lowest BCUT2D eigenvalue weighted by atomic mass is 10.2. The predicted octanol–water partition coefficient (Wildman–Crippen LogP) is 3.73. The van der Waals surface area contributed by atoms with E-state index >= 15 is 0 Å². The van der Waals surface area contributed by atoms with Crippen LogP contribution < -0.4 is 5.32 Å². The minimum Gasteiger partial charge on any atom is -0.332 e. The zero-order valence-corrected chi connectivity index (χ0v) is 15.0. The van der Waals surface area contributed by atoms with Crippen LogP contribution in [0.25, 0.3) is 0 Å². The highest BCUT2D eigenvalue weighted by Gasteiger charge is 2.44. The summed E-state index contributed by atoms with van der Waals surface area (Å²) in [7, 11) is -4.17. The normalized spacial score (nSPS) is 13.3. The average molecular weight is 411 g/mol. The Balaban J connectivity index is 2.37. The van der Waals surface area contributed by atoms with Crippen molar-refractivity contribution in [1.29, 1.82) is 0 Å². The van der Waals surface area contributed by atoms with Crippen LogP contribution in [0.1, 0.15) is 10.4 Å². The quantitative estimate of drug-likeness (QED) is 0.781. The van der Waals surface area contributed by atoms with Gasteiger partial charge in [0.1, 0.15) is 5.82 Å². The van der Waals surface area contributed by atoms with E-state index in [2.05, 4.69) is 5.32 Å². The monoisotopic (exact) mass is 409 g/mol. The lowest BCUT2D eigenvalue weighted by Gasteiger charge is -2.25. The first-order valence-corrected chi connectivity index (χ1v) is 9.22.